The standard InChI is InChI=1S/C16H18N2OS2/c1-3-13-6-7-15(21-13)16(19)18(2)10-14-9-12(11-20-14)5-4-8-17/h6-7,9,11H,3,8,10,17H2,1-2H3. The average molecular weight is 318 g/mol. The SMILES string of the molecule is CCc1ccc(C(=O)N(C)Cc2cc(C#CCN)cs2)s1. The monoisotopic (exact) mass is 318 g/mol. The summed E-state index contributed by atoms with van der Waals surface area (Å²) >= 11 is 3.19. The number of carbonyl (C=O) groups is 1. The summed E-state index contributed by atoms with van der Waals surface area (Å²) in [7, 11) is 1.83. The molecule has 0 spiro atoms. The van der Waals surface area contributed by atoms with Crippen molar-refractivity contribution in [3.8, 4) is 11.8 Å². The molecule has 0 radical (unpaired) electrons. The summed E-state index contributed by atoms with van der Waals surface area (Å²) in [6, 6.07) is 5.95. The lowest BCUT2D eigenvalue weighted by molar-refractivity contribution is 0.0791. The summed E-state index contributed by atoms with van der Waals surface area (Å²) in [6.45, 7) is 3.06. The molecule has 0 saturated heterocycles. The van der Waals surface area contributed by atoms with E-state index in [-0.39, 0.29) is 5.91 Å². The summed E-state index contributed by atoms with van der Waals surface area (Å²) in [5, 5.41) is 2.00. The lowest BCUT2D eigenvalue weighted by Gasteiger charge is -2.14. The van der Waals surface area contributed by atoms with Gasteiger partial charge >= 0.3 is 0 Å². The van der Waals surface area contributed by atoms with Crippen LogP contribution in [0.15, 0.2) is 23.6 Å². The van der Waals surface area contributed by atoms with Gasteiger partial charge < -0.3 is 10.6 Å². The van der Waals surface area contributed by atoms with Gasteiger partial charge in [-0.3, -0.25) is 4.79 Å². The van der Waals surface area contributed by atoms with E-state index in [1.54, 1.807) is 27.6 Å². The first-order chi connectivity index (χ1) is 10.1. The first kappa shape index (κ1) is 15.8. The molecule has 110 valence electrons. The van der Waals surface area contributed by atoms with Crippen LogP contribution < -0.4 is 5.73 Å². The van der Waals surface area contributed by atoms with Gasteiger partial charge in [0.25, 0.3) is 5.91 Å². The van der Waals surface area contributed by atoms with Crippen LogP contribution in [0.2, 0.25) is 0 Å². The molecule has 2 rings (SSSR count). The zero-order valence-corrected chi connectivity index (χ0v) is 13.8. The third-order valence-electron chi connectivity index (χ3n) is 2.95. The molecule has 21 heavy (non-hydrogen) atoms. The molecule has 2 aromatic heterocycles. The highest BCUT2D eigenvalue weighted by molar-refractivity contribution is 7.14. The zero-order valence-electron chi connectivity index (χ0n) is 12.2. The van der Waals surface area contributed by atoms with Gasteiger partial charge in [-0.25, -0.2) is 0 Å². The molecule has 0 bridgehead atoms. The molecule has 0 unspecified atom stereocenters. The largest absolute Gasteiger partial charge is 0.336 e. The van der Waals surface area contributed by atoms with Crippen molar-refractivity contribution in [3.05, 3.63) is 43.8 Å². The maximum Gasteiger partial charge on any atom is 0.263 e. The van der Waals surface area contributed by atoms with Crippen molar-refractivity contribution in [1.29, 1.82) is 0 Å². The summed E-state index contributed by atoms with van der Waals surface area (Å²) in [6.07, 6.45) is 0.968. The van der Waals surface area contributed by atoms with Crippen molar-refractivity contribution in [1.82, 2.24) is 4.90 Å². The molecular formula is C16H18N2OS2. The summed E-state index contributed by atoms with van der Waals surface area (Å²) < 4.78 is 0. The Morgan fingerprint density at radius 2 is 2.19 bits per heavy atom. The predicted molar refractivity (Wildman–Crippen MR) is 89.7 cm³/mol. The molecule has 3 nitrogen and oxygen atoms in total. The number of nitrogens with two attached hydrogens (primary N) is 1. The summed E-state index contributed by atoms with van der Waals surface area (Å²) in [5.41, 5.74) is 6.32. The van der Waals surface area contributed by atoms with Gasteiger partial charge in [-0.1, -0.05) is 18.8 Å². The first-order valence-corrected chi connectivity index (χ1v) is 8.44. The zero-order chi connectivity index (χ0) is 15.2. The van der Waals surface area contributed by atoms with Gasteiger partial charge in [-0.2, -0.15) is 0 Å². The molecule has 0 saturated carbocycles. The Kier molecular flexibility index (Phi) is 5.57. The lowest BCUT2D eigenvalue weighted by atomic mass is 10.3. The molecule has 0 fully saturated rings. The number of hydrogen-bond acceptors (Lipinski definition) is 4. The van der Waals surface area contributed by atoms with Crippen LogP contribution in [-0.4, -0.2) is 24.4 Å². The fourth-order valence-electron chi connectivity index (χ4n) is 1.86. The van der Waals surface area contributed by atoms with Gasteiger partial charge in [0, 0.05) is 27.7 Å². The third kappa shape index (κ3) is 4.18. The normalized spacial score (nSPS) is 10.0. The second-order valence-corrected chi connectivity index (χ2v) is 6.75. The Morgan fingerprint density at radius 1 is 1.38 bits per heavy atom. The highest BCUT2D eigenvalue weighted by Gasteiger charge is 2.14. The molecule has 2 aromatic rings. The lowest BCUT2D eigenvalue weighted by Crippen LogP contribution is -2.24. The van der Waals surface area contributed by atoms with Crippen LogP contribution >= 0.6 is 22.7 Å². The average Bonchev–Trinajstić information content (AvgIpc) is 3.13. The minimum Gasteiger partial charge on any atom is -0.336 e. The van der Waals surface area contributed by atoms with Crippen LogP contribution in [0.3, 0.4) is 0 Å². The maximum absolute atomic E-state index is 12.4. The Labute approximate surface area is 133 Å². The van der Waals surface area contributed by atoms with Gasteiger partial charge in [0.05, 0.1) is 18.0 Å². The minimum absolute atomic E-state index is 0.0719. The van der Waals surface area contributed by atoms with Gasteiger partial charge in [0.2, 0.25) is 0 Å². The van der Waals surface area contributed by atoms with E-state index in [0.717, 1.165) is 21.7 Å². The Morgan fingerprint density at radius 3 is 2.86 bits per heavy atom. The first-order valence-electron chi connectivity index (χ1n) is 6.74. The van der Waals surface area contributed by atoms with Gasteiger partial charge in [0.15, 0.2) is 0 Å². The van der Waals surface area contributed by atoms with Crippen molar-refractivity contribution in [3.63, 3.8) is 0 Å². The van der Waals surface area contributed by atoms with E-state index in [4.69, 9.17) is 5.73 Å². The molecule has 1 amide bonds. The van der Waals surface area contributed by atoms with Crippen LogP contribution in [0, 0.1) is 11.8 Å². The molecule has 0 aliphatic rings. The minimum atomic E-state index is 0.0719. The Bertz CT molecular complexity index is 676. The van der Waals surface area contributed by atoms with Crippen LogP contribution in [0.1, 0.15) is 31.9 Å². The number of rotatable bonds is 4. The van der Waals surface area contributed by atoms with Crippen molar-refractivity contribution in [2.45, 2.75) is 19.9 Å². The van der Waals surface area contributed by atoms with Crippen LogP contribution in [0.25, 0.3) is 0 Å². The van der Waals surface area contributed by atoms with Crippen molar-refractivity contribution >= 4 is 28.6 Å². The van der Waals surface area contributed by atoms with E-state index < -0.39 is 0 Å². The molecule has 0 aromatic carbocycles. The second-order valence-electron chi connectivity index (χ2n) is 4.59. The van der Waals surface area contributed by atoms with E-state index in [0.29, 0.717) is 13.1 Å². The Balaban J connectivity index is 2.01. The van der Waals surface area contributed by atoms with Gasteiger partial charge in [0.1, 0.15) is 0 Å². The second kappa shape index (κ2) is 7.41. The molecule has 0 aliphatic heterocycles. The number of carbonyl (C=O) groups excluding carboxylic acids is 1. The summed E-state index contributed by atoms with van der Waals surface area (Å²) in [5.74, 6) is 5.91. The topological polar surface area (TPSA) is 46.3 Å². The Hall–Kier alpha value is -1.61. The van der Waals surface area contributed by atoms with Crippen molar-refractivity contribution in [2.75, 3.05) is 13.6 Å². The van der Waals surface area contributed by atoms with Crippen LogP contribution in [-0.2, 0) is 13.0 Å². The fraction of sp³-hybridized carbons (Fsp3) is 0.312. The fourth-order valence-corrected chi connectivity index (χ4v) is 3.67. The smallest absolute Gasteiger partial charge is 0.263 e. The van der Waals surface area contributed by atoms with Crippen molar-refractivity contribution in [2.24, 2.45) is 5.73 Å². The van der Waals surface area contributed by atoms with E-state index in [1.165, 1.54) is 4.88 Å². The maximum atomic E-state index is 12.4. The van der Waals surface area contributed by atoms with E-state index in [1.807, 2.05) is 30.6 Å². The number of nitrogens with zero attached hydrogens (tertiary/aromatic N) is 1. The number of thiophene rings is 2. The predicted octanol–water partition coefficient (Wildman–Crippen LogP) is 2.95. The third-order valence-corrected chi connectivity index (χ3v) is 5.09. The molecule has 0 aliphatic carbocycles. The summed E-state index contributed by atoms with van der Waals surface area (Å²) in [4.78, 5) is 17.3. The molecular weight excluding hydrogens is 300 g/mol. The molecule has 0 atom stereocenters. The van der Waals surface area contributed by atoms with E-state index >= 15 is 0 Å². The molecule has 2 heterocycles. The number of hydrogen-bond donors (Lipinski definition) is 1. The molecule has 2 N–H and O–H groups in total. The van der Waals surface area contributed by atoms with E-state index in [9.17, 15) is 4.79 Å². The number of aryl methyl sites for hydroxylation is 1. The highest BCUT2D eigenvalue weighted by atomic mass is 32.1. The molecule has 5 heteroatoms. The van der Waals surface area contributed by atoms with E-state index in [2.05, 4.69) is 18.8 Å². The van der Waals surface area contributed by atoms with Crippen molar-refractivity contribution < 1.29 is 4.79 Å². The quantitative estimate of drug-likeness (QED) is 0.881. The highest BCUT2D eigenvalue weighted by Crippen LogP contribution is 2.21. The van der Waals surface area contributed by atoms with Crippen LogP contribution in [0.5, 0.6) is 0 Å². The van der Waals surface area contributed by atoms with Gasteiger partial charge in [-0.15, -0.1) is 22.7 Å². The van der Waals surface area contributed by atoms with Crippen LogP contribution in [0.4, 0.5) is 0 Å². The number of amides is 1. The van der Waals surface area contributed by atoms with Gasteiger partial charge in [-0.05, 0) is 24.6 Å².